The minimum atomic E-state index is -0.956. The first kappa shape index (κ1) is 19.4. The van der Waals surface area contributed by atoms with Crippen LogP contribution >= 0.6 is 11.6 Å². The van der Waals surface area contributed by atoms with Crippen LogP contribution in [0.2, 0.25) is 5.02 Å². The Morgan fingerprint density at radius 1 is 1.07 bits per heavy atom. The lowest BCUT2D eigenvalue weighted by Gasteiger charge is -2.18. The van der Waals surface area contributed by atoms with Crippen LogP contribution in [-0.2, 0) is 22.6 Å². The molecule has 3 amide bonds. The number of ether oxygens (including phenoxy) is 1. The van der Waals surface area contributed by atoms with Crippen LogP contribution in [0.1, 0.15) is 11.1 Å². The number of urea groups is 1. The molecule has 0 bridgehead atoms. The second-order valence-corrected chi connectivity index (χ2v) is 6.87. The van der Waals surface area contributed by atoms with Gasteiger partial charge in [-0.15, -0.1) is 0 Å². The summed E-state index contributed by atoms with van der Waals surface area (Å²) in [5.74, 6) is -0.333. The zero-order chi connectivity index (χ0) is 19.2. The number of rotatable bonds is 8. The van der Waals surface area contributed by atoms with Gasteiger partial charge >= 0.3 is 6.03 Å². The summed E-state index contributed by atoms with van der Waals surface area (Å²) in [6.45, 7) is 0.227. The molecule has 0 aliphatic carbocycles. The van der Waals surface area contributed by atoms with Gasteiger partial charge in [-0.3, -0.25) is 9.69 Å². The maximum Gasteiger partial charge on any atom is 0.324 e. The quantitative estimate of drug-likeness (QED) is 0.680. The SMILES string of the molecule is O=C1N[C@H](Cc2ccccc2)C(=O)N1C[C@H](O)COCc1ccc(Cl)cc1. The van der Waals surface area contributed by atoms with Crippen molar-refractivity contribution in [3.05, 3.63) is 70.7 Å². The summed E-state index contributed by atoms with van der Waals surface area (Å²) in [5, 5.41) is 13.4. The van der Waals surface area contributed by atoms with Crippen LogP contribution in [0.3, 0.4) is 0 Å². The van der Waals surface area contributed by atoms with E-state index in [1.54, 1.807) is 12.1 Å². The van der Waals surface area contributed by atoms with Gasteiger partial charge in [0.1, 0.15) is 6.04 Å². The number of hydrogen-bond acceptors (Lipinski definition) is 4. The van der Waals surface area contributed by atoms with E-state index in [0.29, 0.717) is 18.1 Å². The van der Waals surface area contributed by atoms with E-state index in [-0.39, 0.29) is 19.1 Å². The van der Waals surface area contributed by atoms with E-state index in [9.17, 15) is 14.7 Å². The lowest BCUT2D eigenvalue weighted by atomic mass is 10.1. The fourth-order valence-corrected chi connectivity index (χ4v) is 3.02. The first-order valence-corrected chi connectivity index (χ1v) is 9.07. The zero-order valence-corrected chi connectivity index (χ0v) is 15.4. The largest absolute Gasteiger partial charge is 0.389 e. The Balaban J connectivity index is 1.47. The molecule has 1 aliphatic rings. The van der Waals surface area contributed by atoms with Crippen molar-refractivity contribution in [2.24, 2.45) is 0 Å². The van der Waals surface area contributed by atoms with Gasteiger partial charge in [-0.05, 0) is 23.3 Å². The number of nitrogens with zero attached hydrogens (tertiary/aromatic N) is 1. The van der Waals surface area contributed by atoms with Gasteiger partial charge in [0.2, 0.25) is 0 Å². The second-order valence-electron chi connectivity index (χ2n) is 6.44. The van der Waals surface area contributed by atoms with Crippen LogP contribution in [0.5, 0.6) is 0 Å². The Morgan fingerprint density at radius 3 is 2.48 bits per heavy atom. The number of carbonyl (C=O) groups excluding carboxylic acids is 2. The third kappa shape index (κ3) is 5.29. The predicted octanol–water partition coefficient (Wildman–Crippen LogP) is 2.38. The highest BCUT2D eigenvalue weighted by Crippen LogP contribution is 2.13. The number of aliphatic hydroxyl groups excluding tert-OH is 1. The second kappa shape index (κ2) is 8.99. The van der Waals surface area contributed by atoms with Crippen molar-refractivity contribution >= 4 is 23.5 Å². The highest BCUT2D eigenvalue weighted by atomic mass is 35.5. The third-order valence-corrected chi connectivity index (χ3v) is 4.53. The fourth-order valence-electron chi connectivity index (χ4n) is 2.89. The molecule has 6 nitrogen and oxygen atoms in total. The highest BCUT2D eigenvalue weighted by molar-refractivity contribution is 6.30. The molecule has 3 rings (SSSR count). The molecule has 1 aliphatic heterocycles. The average Bonchev–Trinajstić information content (AvgIpc) is 2.92. The summed E-state index contributed by atoms with van der Waals surface area (Å²) >= 11 is 5.83. The molecule has 2 aromatic rings. The van der Waals surface area contributed by atoms with E-state index in [2.05, 4.69) is 5.32 Å². The van der Waals surface area contributed by atoms with Crippen molar-refractivity contribution in [1.29, 1.82) is 0 Å². The van der Waals surface area contributed by atoms with E-state index in [0.717, 1.165) is 16.0 Å². The number of β-amino-alcohol motifs (C(OH)–C–C–N with tert-alkyl or cyclic N) is 1. The average molecular weight is 389 g/mol. The predicted molar refractivity (Wildman–Crippen MR) is 101 cm³/mol. The molecule has 1 saturated heterocycles. The molecule has 2 aromatic carbocycles. The molecule has 1 fully saturated rings. The van der Waals surface area contributed by atoms with E-state index in [1.807, 2.05) is 42.5 Å². The third-order valence-electron chi connectivity index (χ3n) is 4.28. The Bertz CT molecular complexity index is 782. The number of aliphatic hydroxyl groups is 1. The Kier molecular flexibility index (Phi) is 6.45. The van der Waals surface area contributed by atoms with Gasteiger partial charge in [0.15, 0.2) is 0 Å². The number of hydrogen-bond donors (Lipinski definition) is 2. The van der Waals surface area contributed by atoms with Crippen molar-refractivity contribution in [2.45, 2.75) is 25.2 Å². The van der Waals surface area contributed by atoms with E-state index in [4.69, 9.17) is 16.3 Å². The van der Waals surface area contributed by atoms with Crippen LogP contribution in [-0.4, -0.2) is 47.2 Å². The van der Waals surface area contributed by atoms with Gasteiger partial charge in [0.25, 0.3) is 5.91 Å². The smallest absolute Gasteiger partial charge is 0.324 e. The van der Waals surface area contributed by atoms with E-state index >= 15 is 0 Å². The standard InChI is InChI=1S/C20H21ClN2O4/c21-16-8-6-15(7-9-16)12-27-13-17(24)11-23-19(25)18(22-20(23)26)10-14-4-2-1-3-5-14/h1-9,17-18,24H,10-13H2,(H,22,26)/t17-,18+/m0/s1. The molecular formula is C20H21ClN2O4. The molecule has 27 heavy (non-hydrogen) atoms. The number of halogens is 1. The molecule has 0 radical (unpaired) electrons. The van der Waals surface area contributed by atoms with Crippen molar-refractivity contribution < 1.29 is 19.4 Å². The number of carbonyl (C=O) groups is 2. The molecule has 142 valence electrons. The molecule has 7 heteroatoms. The summed E-state index contributed by atoms with van der Waals surface area (Å²) in [7, 11) is 0. The molecule has 0 saturated carbocycles. The monoisotopic (exact) mass is 388 g/mol. The Hall–Kier alpha value is -2.41. The first-order chi connectivity index (χ1) is 13.0. The van der Waals surface area contributed by atoms with Gasteiger partial charge in [0, 0.05) is 11.4 Å². The van der Waals surface area contributed by atoms with E-state index in [1.165, 1.54) is 0 Å². The summed E-state index contributed by atoms with van der Waals surface area (Å²) < 4.78 is 5.46. The Morgan fingerprint density at radius 2 is 1.78 bits per heavy atom. The van der Waals surface area contributed by atoms with Gasteiger partial charge in [-0.2, -0.15) is 0 Å². The van der Waals surface area contributed by atoms with Crippen LogP contribution in [0.15, 0.2) is 54.6 Å². The molecule has 2 atom stereocenters. The highest BCUT2D eigenvalue weighted by Gasteiger charge is 2.38. The van der Waals surface area contributed by atoms with Crippen LogP contribution < -0.4 is 5.32 Å². The van der Waals surface area contributed by atoms with Gasteiger partial charge < -0.3 is 15.2 Å². The number of amides is 3. The van der Waals surface area contributed by atoms with Crippen LogP contribution in [0.4, 0.5) is 4.79 Å². The van der Waals surface area contributed by atoms with Crippen molar-refractivity contribution in [2.75, 3.05) is 13.2 Å². The maximum atomic E-state index is 12.5. The lowest BCUT2D eigenvalue weighted by molar-refractivity contribution is -0.128. The number of nitrogens with one attached hydrogen (secondary N) is 1. The van der Waals surface area contributed by atoms with Crippen molar-refractivity contribution in [1.82, 2.24) is 10.2 Å². The van der Waals surface area contributed by atoms with Gasteiger partial charge in [0.05, 0.1) is 25.9 Å². The number of benzene rings is 2. The van der Waals surface area contributed by atoms with Gasteiger partial charge in [-0.25, -0.2) is 4.79 Å². The molecule has 0 aromatic heterocycles. The van der Waals surface area contributed by atoms with Gasteiger partial charge in [-0.1, -0.05) is 54.1 Å². The van der Waals surface area contributed by atoms with Crippen molar-refractivity contribution in [3.63, 3.8) is 0 Å². The summed E-state index contributed by atoms with van der Waals surface area (Å²) in [6.07, 6.45) is -0.534. The van der Waals surface area contributed by atoms with Crippen LogP contribution in [0.25, 0.3) is 0 Å². The normalized spacial score (nSPS) is 17.9. The van der Waals surface area contributed by atoms with Crippen LogP contribution in [0, 0.1) is 0 Å². The van der Waals surface area contributed by atoms with Crippen molar-refractivity contribution in [3.8, 4) is 0 Å². The topological polar surface area (TPSA) is 78.9 Å². The Labute approximate surface area is 162 Å². The minimum Gasteiger partial charge on any atom is -0.389 e. The molecule has 1 heterocycles. The minimum absolute atomic E-state index is 0.0169. The molecular weight excluding hydrogens is 368 g/mol. The summed E-state index contributed by atoms with van der Waals surface area (Å²) in [6, 6.07) is 15.6. The number of imide groups is 1. The molecule has 0 spiro atoms. The molecule has 0 unspecified atom stereocenters. The zero-order valence-electron chi connectivity index (χ0n) is 14.7. The lowest BCUT2D eigenvalue weighted by Crippen LogP contribution is -2.39. The first-order valence-electron chi connectivity index (χ1n) is 8.69. The molecule has 2 N–H and O–H groups in total. The maximum absolute atomic E-state index is 12.5. The van der Waals surface area contributed by atoms with E-state index < -0.39 is 18.2 Å². The summed E-state index contributed by atoms with van der Waals surface area (Å²) in [4.78, 5) is 25.6. The summed E-state index contributed by atoms with van der Waals surface area (Å²) in [5.41, 5.74) is 1.88. The fraction of sp³-hybridized carbons (Fsp3) is 0.300.